The summed E-state index contributed by atoms with van der Waals surface area (Å²) in [4.78, 5) is 36.8. The monoisotopic (exact) mass is 362 g/mol. The third-order valence-corrected chi connectivity index (χ3v) is 4.88. The molecule has 0 aromatic rings. The average molecular weight is 362 g/mol. The molecule has 0 spiro atoms. The highest BCUT2D eigenvalue weighted by Gasteiger charge is 2.38. The zero-order valence-electron chi connectivity index (χ0n) is 15.5. The molecule has 142 valence electrons. The summed E-state index contributed by atoms with van der Waals surface area (Å²) in [5.74, 6) is -1.15. The van der Waals surface area contributed by atoms with E-state index in [1.54, 1.807) is 13.0 Å². The van der Waals surface area contributed by atoms with E-state index in [1.807, 2.05) is 6.92 Å². The van der Waals surface area contributed by atoms with Gasteiger partial charge in [0.15, 0.2) is 5.78 Å². The molecular weight excluding hydrogens is 336 g/mol. The second-order valence-electron chi connectivity index (χ2n) is 7.10. The first-order chi connectivity index (χ1) is 12.2. The third-order valence-electron chi connectivity index (χ3n) is 4.88. The molecule has 0 aromatic carbocycles. The molecule has 0 radical (unpaired) electrons. The lowest BCUT2D eigenvalue weighted by molar-refractivity contribution is -0.139. The standard InChI is InChI=1S/C20H26O6/c1-11(2)13-5-6-15-19(23)18(26-20(15)24)8-12(3)7-16(22)17(25-4)10-14(21)9-13/h6-7,13,17-19,23H,1,5,8-10H2,2-4H3/b12-7+,15-6-/t13-,17+,18+,19-/m0/s1. The molecule has 1 aliphatic heterocycles. The maximum absolute atomic E-state index is 12.4. The number of aliphatic hydroxyl groups excluding tert-OH is 1. The highest BCUT2D eigenvalue weighted by Crippen LogP contribution is 2.29. The first kappa shape index (κ1) is 20.3. The van der Waals surface area contributed by atoms with Crippen molar-refractivity contribution >= 4 is 17.5 Å². The lowest BCUT2D eigenvalue weighted by Gasteiger charge is -2.18. The SMILES string of the molecule is C=C(C)[C@H]1C/C=C2\C(=O)O[C@H](C/C(C)=C/C(=O)[C@H](OC)CC(=O)C1)[C@H]2O. The van der Waals surface area contributed by atoms with Gasteiger partial charge in [-0.25, -0.2) is 4.79 Å². The van der Waals surface area contributed by atoms with Crippen molar-refractivity contribution in [2.75, 3.05) is 7.11 Å². The number of ketones is 2. The van der Waals surface area contributed by atoms with Crippen LogP contribution in [0.5, 0.6) is 0 Å². The van der Waals surface area contributed by atoms with Crippen molar-refractivity contribution in [2.24, 2.45) is 5.92 Å². The Bertz CT molecular complexity index is 672. The summed E-state index contributed by atoms with van der Waals surface area (Å²) in [5.41, 5.74) is 1.66. The molecule has 0 aromatic heterocycles. The van der Waals surface area contributed by atoms with Crippen LogP contribution in [0.15, 0.2) is 35.5 Å². The number of hydrogen-bond acceptors (Lipinski definition) is 6. The number of allylic oxidation sites excluding steroid dienone is 2. The largest absolute Gasteiger partial charge is 0.455 e. The smallest absolute Gasteiger partial charge is 0.336 e. The molecule has 26 heavy (non-hydrogen) atoms. The van der Waals surface area contributed by atoms with E-state index in [4.69, 9.17) is 9.47 Å². The second-order valence-corrected chi connectivity index (χ2v) is 7.10. The highest BCUT2D eigenvalue weighted by atomic mass is 16.6. The number of esters is 1. The van der Waals surface area contributed by atoms with Crippen LogP contribution >= 0.6 is 0 Å². The minimum absolute atomic E-state index is 0.000941. The van der Waals surface area contributed by atoms with Crippen LogP contribution in [0.1, 0.15) is 39.5 Å². The van der Waals surface area contributed by atoms with Crippen LogP contribution in [0, 0.1) is 5.92 Å². The van der Waals surface area contributed by atoms with Crippen LogP contribution in [0.4, 0.5) is 0 Å². The van der Waals surface area contributed by atoms with Gasteiger partial charge in [-0.1, -0.05) is 23.8 Å². The normalized spacial score (nSPS) is 35.0. The van der Waals surface area contributed by atoms with E-state index in [0.29, 0.717) is 12.0 Å². The fourth-order valence-electron chi connectivity index (χ4n) is 3.25. The topological polar surface area (TPSA) is 89.9 Å². The zero-order valence-corrected chi connectivity index (χ0v) is 15.5. The van der Waals surface area contributed by atoms with Crippen molar-refractivity contribution < 1.29 is 29.0 Å². The molecule has 0 unspecified atom stereocenters. The number of hydrogen-bond donors (Lipinski definition) is 1. The Labute approximate surface area is 153 Å². The zero-order chi connectivity index (χ0) is 19.4. The van der Waals surface area contributed by atoms with Gasteiger partial charge in [-0.15, -0.1) is 0 Å². The number of ether oxygens (including phenoxy) is 2. The predicted molar refractivity (Wildman–Crippen MR) is 95.3 cm³/mol. The van der Waals surface area contributed by atoms with Crippen molar-refractivity contribution in [1.29, 1.82) is 0 Å². The van der Waals surface area contributed by atoms with Crippen LogP contribution in [-0.2, 0) is 23.9 Å². The van der Waals surface area contributed by atoms with Crippen molar-refractivity contribution in [1.82, 2.24) is 0 Å². The Hall–Kier alpha value is -2.05. The van der Waals surface area contributed by atoms with Crippen LogP contribution < -0.4 is 0 Å². The summed E-state index contributed by atoms with van der Waals surface area (Å²) >= 11 is 0. The summed E-state index contributed by atoms with van der Waals surface area (Å²) in [6.07, 6.45) is 1.27. The number of fused-ring (bicyclic) bond motifs is 2. The average Bonchev–Trinajstić information content (AvgIpc) is 2.81. The number of methoxy groups -OCH3 is 1. The molecule has 2 rings (SSSR count). The van der Waals surface area contributed by atoms with Gasteiger partial charge in [0.05, 0.1) is 5.57 Å². The Morgan fingerprint density at radius 3 is 2.58 bits per heavy atom. The number of carbonyl (C=O) groups excluding carboxylic acids is 3. The summed E-state index contributed by atoms with van der Waals surface area (Å²) in [5, 5.41) is 10.4. The molecule has 4 atom stereocenters. The van der Waals surface area contributed by atoms with Gasteiger partial charge in [0, 0.05) is 26.4 Å². The maximum atomic E-state index is 12.4. The summed E-state index contributed by atoms with van der Waals surface area (Å²) in [6.45, 7) is 7.45. The molecule has 6 nitrogen and oxygen atoms in total. The summed E-state index contributed by atoms with van der Waals surface area (Å²) in [6, 6.07) is 0. The van der Waals surface area contributed by atoms with E-state index in [9.17, 15) is 19.5 Å². The van der Waals surface area contributed by atoms with Gasteiger partial charge >= 0.3 is 5.97 Å². The molecule has 2 bridgehead atoms. The molecule has 6 heteroatoms. The van der Waals surface area contributed by atoms with E-state index in [-0.39, 0.29) is 42.3 Å². The molecule has 2 aliphatic rings. The van der Waals surface area contributed by atoms with Crippen molar-refractivity contribution in [3.63, 3.8) is 0 Å². The fourth-order valence-corrected chi connectivity index (χ4v) is 3.25. The summed E-state index contributed by atoms with van der Waals surface area (Å²) < 4.78 is 10.5. The summed E-state index contributed by atoms with van der Waals surface area (Å²) in [7, 11) is 1.40. The third kappa shape index (κ3) is 4.77. The quantitative estimate of drug-likeness (QED) is 0.597. The second kappa shape index (κ2) is 8.56. The van der Waals surface area contributed by atoms with Gasteiger partial charge in [-0.2, -0.15) is 0 Å². The van der Waals surface area contributed by atoms with E-state index < -0.39 is 24.3 Å². The van der Waals surface area contributed by atoms with Crippen LogP contribution in [0.3, 0.4) is 0 Å². The maximum Gasteiger partial charge on any atom is 0.336 e. The predicted octanol–water partition coefficient (Wildman–Crippen LogP) is 2.06. The number of rotatable bonds is 2. The Kier molecular flexibility index (Phi) is 6.67. The van der Waals surface area contributed by atoms with E-state index in [2.05, 4.69) is 6.58 Å². The van der Waals surface area contributed by atoms with Gasteiger partial charge < -0.3 is 14.6 Å². The van der Waals surface area contributed by atoms with Gasteiger partial charge in [-0.3, -0.25) is 9.59 Å². The molecular formula is C20H26O6. The van der Waals surface area contributed by atoms with Gasteiger partial charge in [0.2, 0.25) is 0 Å². The lowest BCUT2D eigenvalue weighted by atomic mass is 9.88. The first-order valence-electron chi connectivity index (χ1n) is 8.73. The number of carbonyl (C=O) groups is 3. The minimum atomic E-state index is -1.05. The van der Waals surface area contributed by atoms with Gasteiger partial charge in [0.25, 0.3) is 0 Å². The van der Waals surface area contributed by atoms with Crippen LogP contribution in [0.25, 0.3) is 0 Å². The van der Waals surface area contributed by atoms with Crippen molar-refractivity contribution in [2.45, 2.75) is 57.8 Å². The van der Waals surface area contributed by atoms with Crippen molar-refractivity contribution in [3.8, 4) is 0 Å². The van der Waals surface area contributed by atoms with Crippen LogP contribution in [0.2, 0.25) is 0 Å². The van der Waals surface area contributed by atoms with E-state index in [1.165, 1.54) is 13.2 Å². The Balaban J connectivity index is 2.37. The number of Topliss-reactive ketones (excluding diaryl/α,β-unsaturated/α-hetero) is 1. The minimum Gasteiger partial charge on any atom is -0.455 e. The Morgan fingerprint density at radius 1 is 1.27 bits per heavy atom. The lowest BCUT2D eigenvalue weighted by Crippen LogP contribution is -2.27. The molecule has 0 amide bonds. The molecule has 1 heterocycles. The fraction of sp³-hybridized carbons (Fsp3) is 0.550. The number of aliphatic hydroxyl groups is 1. The van der Waals surface area contributed by atoms with E-state index >= 15 is 0 Å². The molecule has 1 fully saturated rings. The van der Waals surface area contributed by atoms with Crippen LogP contribution in [-0.4, -0.2) is 48.1 Å². The molecule has 0 saturated carbocycles. The van der Waals surface area contributed by atoms with Gasteiger partial charge in [0.1, 0.15) is 24.1 Å². The highest BCUT2D eigenvalue weighted by molar-refractivity contribution is 5.97. The molecule has 1 aliphatic carbocycles. The van der Waals surface area contributed by atoms with E-state index in [0.717, 1.165) is 5.57 Å². The first-order valence-corrected chi connectivity index (χ1v) is 8.73. The van der Waals surface area contributed by atoms with Crippen molar-refractivity contribution in [3.05, 3.63) is 35.5 Å². The van der Waals surface area contributed by atoms with Gasteiger partial charge in [-0.05, 0) is 32.3 Å². The molecule has 1 N–H and O–H groups in total. The Morgan fingerprint density at radius 2 is 1.96 bits per heavy atom. The molecule has 1 saturated heterocycles.